The first-order chi connectivity index (χ1) is 35.1. The van der Waals surface area contributed by atoms with Gasteiger partial charge >= 0.3 is 7.12 Å². The Morgan fingerprint density at radius 2 is 1.07 bits per heavy atom. The Hall–Kier alpha value is -6.21. The van der Waals surface area contributed by atoms with Crippen LogP contribution in [-0.2, 0) is 42.0 Å². The Labute approximate surface area is 440 Å². The number of hydrogen-bond acceptors (Lipinski definition) is 20. The lowest BCUT2D eigenvalue weighted by atomic mass is 9.99. The number of pyridine rings is 2. The number of benzene rings is 2. The van der Waals surface area contributed by atoms with E-state index in [9.17, 15) is 8.42 Å². The summed E-state index contributed by atoms with van der Waals surface area (Å²) in [4.78, 5) is 32.2. The van der Waals surface area contributed by atoms with Gasteiger partial charge in [-0.25, -0.2) is 38.3 Å². The molecule has 2 saturated heterocycles. The highest BCUT2D eigenvalue weighted by atomic mass is 35.5. The van der Waals surface area contributed by atoms with Crippen LogP contribution >= 0.6 is 11.6 Å². The highest BCUT2D eigenvalue weighted by Crippen LogP contribution is 2.31. The summed E-state index contributed by atoms with van der Waals surface area (Å²) in [5, 5.41) is 22.2. The zero-order chi connectivity index (χ0) is 53.6. The monoisotopic (exact) mass is 1070 g/mol. The maximum Gasteiger partial charge on any atom is 0.448 e. The number of hydrogen-bond donors (Lipinski definition) is 4. The van der Waals surface area contributed by atoms with Crippen LogP contribution in [0.5, 0.6) is 11.5 Å². The summed E-state index contributed by atoms with van der Waals surface area (Å²) >= 11 is 6.36. The Morgan fingerprint density at radius 3 is 1.46 bits per heavy atom. The number of aryl methyl sites for hydroxylation is 1. The zero-order valence-corrected chi connectivity index (χ0v) is 45.9. The van der Waals surface area contributed by atoms with Crippen LogP contribution < -0.4 is 29.9 Å². The van der Waals surface area contributed by atoms with Crippen LogP contribution in [0.3, 0.4) is 0 Å². The molecule has 24 heteroatoms. The maximum atomic E-state index is 12.4. The molecule has 0 amide bonds. The predicted molar refractivity (Wildman–Crippen MR) is 296 cm³/mol. The molecule has 2 aliphatic rings. The minimum atomic E-state index is -2.42. The summed E-state index contributed by atoms with van der Waals surface area (Å²) in [5.74, 6) is 6.09. The predicted octanol–water partition coefficient (Wildman–Crippen LogP) is 7.54. The van der Waals surface area contributed by atoms with Crippen molar-refractivity contribution in [1.82, 2.24) is 29.9 Å². The molecule has 0 saturated carbocycles. The Morgan fingerprint density at radius 1 is 0.662 bits per heavy atom. The summed E-state index contributed by atoms with van der Waals surface area (Å²) in [5.41, 5.74) is 4.50. The van der Waals surface area contributed by atoms with Crippen molar-refractivity contribution < 1.29 is 37.4 Å². The van der Waals surface area contributed by atoms with Crippen molar-refractivity contribution in [2.24, 2.45) is 8.73 Å². The third-order valence-electron chi connectivity index (χ3n) is 10.9. The minimum absolute atomic E-state index is 0.134. The van der Waals surface area contributed by atoms with Crippen LogP contribution in [0, 0.1) is 6.92 Å². The summed E-state index contributed by atoms with van der Waals surface area (Å²) in [6.07, 6.45) is 6.36. The van der Waals surface area contributed by atoms with Gasteiger partial charge in [0.1, 0.15) is 39.9 Å². The molecular formula is C50H66BClN12O8S2. The highest BCUT2D eigenvalue weighted by molar-refractivity contribution is 7.92. The van der Waals surface area contributed by atoms with E-state index in [-0.39, 0.29) is 12.1 Å². The van der Waals surface area contributed by atoms with Crippen molar-refractivity contribution in [1.29, 1.82) is 0 Å². The average Bonchev–Trinajstić information content (AvgIpc) is 3.34. The van der Waals surface area contributed by atoms with Crippen molar-refractivity contribution in [3.8, 4) is 34.3 Å². The smallest absolute Gasteiger partial charge is 0.448 e. The number of morpholine rings is 2. The number of aromatic nitrogens is 6. The second-order valence-corrected chi connectivity index (χ2v) is 23.6. The van der Waals surface area contributed by atoms with Gasteiger partial charge in [0.15, 0.2) is 23.3 Å². The summed E-state index contributed by atoms with van der Waals surface area (Å²) in [6.45, 7) is 12.4. The number of rotatable bonds is 14. The molecule has 2 fully saturated rings. The van der Waals surface area contributed by atoms with E-state index in [1.807, 2.05) is 73.7 Å². The van der Waals surface area contributed by atoms with Gasteiger partial charge in [-0.1, -0.05) is 35.9 Å². The fourth-order valence-corrected chi connectivity index (χ4v) is 8.85. The number of nitrogens with one attached hydrogen (secondary N) is 2. The number of nitrogens with zero attached hydrogens (tertiary/aromatic N) is 10. The number of halogens is 1. The lowest BCUT2D eigenvalue weighted by Gasteiger charge is -2.34. The molecular weight excluding hydrogens is 1010 g/mol. The van der Waals surface area contributed by atoms with E-state index in [1.165, 1.54) is 6.82 Å². The largest absolute Gasteiger partial charge is 0.497 e. The highest BCUT2D eigenvalue weighted by Gasteiger charge is 2.24. The number of ether oxygens (including phenoxy) is 4. The van der Waals surface area contributed by atoms with E-state index in [2.05, 4.69) is 62.9 Å². The van der Waals surface area contributed by atoms with Gasteiger partial charge in [0, 0.05) is 99.6 Å². The normalized spacial score (nSPS) is 15.6. The van der Waals surface area contributed by atoms with Crippen LogP contribution in [0.15, 0.2) is 93.7 Å². The van der Waals surface area contributed by atoms with E-state index >= 15 is 0 Å². The van der Waals surface area contributed by atoms with E-state index in [0.29, 0.717) is 98.2 Å². The second kappa shape index (κ2) is 26.3. The van der Waals surface area contributed by atoms with Gasteiger partial charge in [-0.05, 0) is 87.3 Å². The molecule has 4 aromatic heterocycles. The molecule has 6 heterocycles. The van der Waals surface area contributed by atoms with Crippen LogP contribution in [0.4, 0.5) is 34.9 Å². The molecule has 396 valence electrons. The molecule has 6 aromatic rings. The Bertz CT molecular complexity index is 2870. The van der Waals surface area contributed by atoms with Crippen molar-refractivity contribution >= 4 is 73.1 Å². The first-order valence-electron chi connectivity index (χ1n) is 23.7. The van der Waals surface area contributed by atoms with Gasteiger partial charge in [-0.15, -0.1) is 0 Å². The van der Waals surface area contributed by atoms with Crippen molar-refractivity contribution in [2.45, 2.75) is 52.8 Å². The number of methoxy groups -OCH3 is 2. The number of anilines is 4. The lowest BCUT2D eigenvalue weighted by molar-refractivity contribution is 0.0985. The van der Waals surface area contributed by atoms with E-state index in [1.54, 1.807) is 57.4 Å². The quantitative estimate of drug-likeness (QED) is 0.0608. The zero-order valence-electron chi connectivity index (χ0n) is 43.5. The van der Waals surface area contributed by atoms with Crippen LogP contribution in [0.25, 0.3) is 22.8 Å². The first-order valence-corrected chi connectivity index (χ1v) is 28.8. The summed E-state index contributed by atoms with van der Waals surface area (Å²) < 4.78 is 55.2. The summed E-state index contributed by atoms with van der Waals surface area (Å²) in [7, 11) is -2.68. The maximum absolute atomic E-state index is 12.4. The molecule has 0 spiro atoms. The molecule has 0 bridgehead atoms. The third-order valence-corrected chi connectivity index (χ3v) is 12.3. The van der Waals surface area contributed by atoms with Crippen LogP contribution in [-0.4, -0.2) is 146 Å². The second-order valence-electron chi connectivity index (χ2n) is 18.1. The van der Waals surface area contributed by atoms with Gasteiger partial charge in [-0.2, -0.15) is 8.73 Å². The molecule has 2 atom stereocenters. The molecule has 0 radical (unpaired) electrons. The third kappa shape index (κ3) is 18.0. The van der Waals surface area contributed by atoms with E-state index in [0.717, 1.165) is 45.5 Å². The standard InChI is InChI=1S/C25H32N6O3S.C24H29ClN6O3S.CH5BO2/c1-17-12-20(13-22(27-17)26-15-19-6-8-21(33-3)9-7-19)25-28-23(30-35(4,5)32)14-24(29-25)31-10-11-34-16-18(31)2;1-16-15-34-10-9-31(16)23-13-22(30-35(3,4)32)28-24(29-23)18-11-20(25)27-21(12-18)26-14-17-5-7-19(33-2)8-6-17;1-2(3)4/h6-9,12-14,18H,10-11,15-16H2,1-5H3,(H,26,27);5-8,11-13,16H,9-10,14-15H2,1-4H3,(H,26,27);3-4H,1H3/t18-;16-;/m11./s1. The van der Waals surface area contributed by atoms with E-state index < -0.39 is 26.6 Å². The Kier molecular flexibility index (Phi) is 20.3. The minimum Gasteiger partial charge on any atom is -0.497 e. The van der Waals surface area contributed by atoms with Crippen LogP contribution in [0.2, 0.25) is 12.0 Å². The van der Waals surface area contributed by atoms with Gasteiger partial charge < -0.3 is 49.4 Å². The fraction of sp³-hybridized carbons (Fsp3) is 0.400. The SMILES string of the molecule is CB(O)O.COc1ccc(CNc2cc(-c3nc(N=S(C)(C)=O)cc(N4CCOC[C@H]4C)n3)cc(C)n2)cc1.COc1ccc(CNc2cc(-c3nc(N=S(C)(C)=O)cc(N4CCOC[C@H]4C)n3)cc(Cl)n2)cc1. The molecule has 0 unspecified atom stereocenters. The van der Waals surface area contributed by atoms with Gasteiger partial charge in [0.25, 0.3) is 0 Å². The van der Waals surface area contributed by atoms with E-state index in [4.69, 9.17) is 50.6 Å². The van der Waals surface area contributed by atoms with Gasteiger partial charge in [0.2, 0.25) is 0 Å². The molecule has 74 heavy (non-hydrogen) atoms. The fourth-order valence-electron chi connectivity index (χ4n) is 7.55. The van der Waals surface area contributed by atoms with Crippen LogP contribution in [0.1, 0.15) is 30.7 Å². The topological polar surface area (TPSA) is 244 Å². The lowest BCUT2D eigenvalue weighted by Crippen LogP contribution is -2.44. The van der Waals surface area contributed by atoms with Crippen molar-refractivity contribution in [2.75, 3.05) is 99.2 Å². The van der Waals surface area contributed by atoms with Crippen molar-refractivity contribution in [3.63, 3.8) is 0 Å². The molecule has 8 rings (SSSR count). The molecule has 2 aliphatic heterocycles. The summed E-state index contributed by atoms with van der Waals surface area (Å²) in [6, 6.07) is 27.0. The van der Waals surface area contributed by atoms with Crippen molar-refractivity contribution in [3.05, 3.63) is 107 Å². The Balaban J connectivity index is 0.000000225. The molecule has 4 N–H and O–H groups in total. The van der Waals surface area contributed by atoms with Gasteiger partial charge in [-0.3, -0.25) is 0 Å². The average molecular weight is 1070 g/mol. The van der Waals surface area contributed by atoms with Gasteiger partial charge in [0.05, 0.1) is 52.7 Å². The molecule has 2 aromatic carbocycles. The molecule has 0 aliphatic carbocycles. The molecule has 20 nitrogen and oxygen atoms in total. The first kappa shape index (κ1) is 57.1.